The molecule has 4 heteroatoms. The molecule has 0 aliphatic carbocycles. The molecular formula is C14H19NO3. The second kappa shape index (κ2) is 6.40. The smallest absolute Gasteiger partial charge is 0.251 e. The summed E-state index contributed by atoms with van der Waals surface area (Å²) in [5.74, 6) is 0.648. The highest BCUT2D eigenvalue weighted by Gasteiger charge is 2.16. The molecule has 0 unspecified atom stereocenters. The van der Waals surface area contributed by atoms with Crippen LogP contribution in [0, 0.1) is 0 Å². The Kier molecular flexibility index (Phi) is 4.59. The number of benzene rings is 1. The van der Waals surface area contributed by atoms with E-state index in [1.54, 1.807) is 12.1 Å². The summed E-state index contributed by atoms with van der Waals surface area (Å²) in [5, 5.41) is 2.89. The topological polar surface area (TPSA) is 47.6 Å². The minimum absolute atomic E-state index is 0.0768. The van der Waals surface area contributed by atoms with Crippen molar-refractivity contribution in [2.75, 3.05) is 19.8 Å². The van der Waals surface area contributed by atoms with Gasteiger partial charge in [-0.15, -0.1) is 0 Å². The first-order valence-corrected chi connectivity index (χ1v) is 6.42. The number of rotatable bonds is 5. The number of hydrogen-bond donors (Lipinski definition) is 1. The maximum Gasteiger partial charge on any atom is 0.251 e. The van der Waals surface area contributed by atoms with Crippen LogP contribution < -0.4 is 10.1 Å². The maximum absolute atomic E-state index is 11.9. The van der Waals surface area contributed by atoms with Crippen LogP contribution in [0.3, 0.4) is 0 Å². The van der Waals surface area contributed by atoms with E-state index >= 15 is 0 Å². The van der Waals surface area contributed by atoms with Gasteiger partial charge in [-0.2, -0.15) is 0 Å². The zero-order chi connectivity index (χ0) is 12.8. The Labute approximate surface area is 107 Å². The lowest BCUT2D eigenvalue weighted by molar-refractivity contribution is 0.0857. The van der Waals surface area contributed by atoms with Gasteiger partial charge < -0.3 is 14.8 Å². The van der Waals surface area contributed by atoms with Gasteiger partial charge in [-0.05, 0) is 38.0 Å². The van der Waals surface area contributed by atoms with Gasteiger partial charge in [0.25, 0.3) is 5.91 Å². The van der Waals surface area contributed by atoms with Gasteiger partial charge >= 0.3 is 0 Å². The van der Waals surface area contributed by atoms with Gasteiger partial charge in [-0.1, -0.05) is 6.07 Å². The second-order valence-corrected chi connectivity index (χ2v) is 4.31. The van der Waals surface area contributed by atoms with Gasteiger partial charge in [0.15, 0.2) is 0 Å². The average Bonchev–Trinajstić information content (AvgIpc) is 2.90. The molecule has 1 heterocycles. The summed E-state index contributed by atoms with van der Waals surface area (Å²) in [6.45, 7) is 3.91. The summed E-state index contributed by atoms with van der Waals surface area (Å²) in [5.41, 5.74) is 0.624. The fourth-order valence-electron chi connectivity index (χ4n) is 2.01. The highest BCUT2D eigenvalue weighted by molar-refractivity contribution is 5.94. The molecule has 1 atom stereocenters. The third kappa shape index (κ3) is 3.47. The van der Waals surface area contributed by atoms with Gasteiger partial charge in [-0.25, -0.2) is 0 Å². The van der Waals surface area contributed by atoms with Crippen molar-refractivity contribution >= 4 is 5.91 Å². The number of nitrogens with one attached hydrogen (secondary N) is 1. The molecule has 0 spiro atoms. The maximum atomic E-state index is 11.9. The fraction of sp³-hybridized carbons (Fsp3) is 0.500. The van der Waals surface area contributed by atoms with E-state index in [0.29, 0.717) is 18.7 Å². The van der Waals surface area contributed by atoms with Crippen LogP contribution >= 0.6 is 0 Å². The molecule has 1 aliphatic rings. The summed E-state index contributed by atoms with van der Waals surface area (Å²) < 4.78 is 10.8. The van der Waals surface area contributed by atoms with Crippen molar-refractivity contribution in [2.24, 2.45) is 0 Å². The monoisotopic (exact) mass is 249 g/mol. The van der Waals surface area contributed by atoms with Gasteiger partial charge in [0.1, 0.15) is 5.75 Å². The Balaban J connectivity index is 1.89. The third-order valence-corrected chi connectivity index (χ3v) is 2.92. The number of carbonyl (C=O) groups is 1. The van der Waals surface area contributed by atoms with Crippen molar-refractivity contribution in [1.29, 1.82) is 0 Å². The van der Waals surface area contributed by atoms with E-state index in [1.165, 1.54) is 0 Å². The quantitative estimate of drug-likeness (QED) is 0.868. The lowest BCUT2D eigenvalue weighted by atomic mass is 10.2. The zero-order valence-corrected chi connectivity index (χ0v) is 10.6. The Morgan fingerprint density at radius 2 is 2.44 bits per heavy atom. The largest absolute Gasteiger partial charge is 0.494 e. The van der Waals surface area contributed by atoms with Crippen LogP contribution in [-0.2, 0) is 4.74 Å². The van der Waals surface area contributed by atoms with Crippen molar-refractivity contribution in [3.8, 4) is 5.75 Å². The van der Waals surface area contributed by atoms with Gasteiger partial charge in [0.05, 0.1) is 12.7 Å². The Morgan fingerprint density at radius 1 is 1.56 bits per heavy atom. The van der Waals surface area contributed by atoms with Gasteiger partial charge in [-0.3, -0.25) is 4.79 Å². The van der Waals surface area contributed by atoms with E-state index < -0.39 is 0 Å². The predicted molar refractivity (Wildman–Crippen MR) is 68.9 cm³/mol. The number of ether oxygens (including phenoxy) is 2. The van der Waals surface area contributed by atoms with Crippen LogP contribution in [0.15, 0.2) is 24.3 Å². The number of hydrogen-bond acceptors (Lipinski definition) is 3. The molecule has 0 radical (unpaired) electrons. The molecule has 0 bridgehead atoms. The van der Waals surface area contributed by atoms with Crippen molar-refractivity contribution < 1.29 is 14.3 Å². The van der Waals surface area contributed by atoms with Crippen molar-refractivity contribution in [3.63, 3.8) is 0 Å². The fourth-order valence-corrected chi connectivity index (χ4v) is 2.01. The zero-order valence-electron chi connectivity index (χ0n) is 10.6. The van der Waals surface area contributed by atoms with Crippen molar-refractivity contribution in [2.45, 2.75) is 25.9 Å². The van der Waals surface area contributed by atoms with Crippen molar-refractivity contribution in [1.82, 2.24) is 5.32 Å². The molecule has 98 valence electrons. The molecule has 0 saturated carbocycles. The first kappa shape index (κ1) is 12.9. The first-order chi connectivity index (χ1) is 8.79. The molecule has 4 nitrogen and oxygen atoms in total. The highest BCUT2D eigenvalue weighted by atomic mass is 16.5. The summed E-state index contributed by atoms with van der Waals surface area (Å²) in [6, 6.07) is 7.22. The molecule has 1 aliphatic heterocycles. The Morgan fingerprint density at radius 3 is 3.17 bits per heavy atom. The number of carbonyl (C=O) groups excluding carboxylic acids is 1. The second-order valence-electron chi connectivity index (χ2n) is 4.31. The van der Waals surface area contributed by atoms with E-state index in [0.717, 1.165) is 25.2 Å². The van der Waals surface area contributed by atoms with E-state index in [4.69, 9.17) is 9.47 Å². The molecule has 1 fully saturated rings. The lowest BCUT2D eigenvalue weighted by Gasteiger charge is -2.11. The summed E-state index contributed by atoms with van der Waals surface area (Å²) in [4.78, 5) is 11.9. The van der Waals surface area contributed by atoms with E-state index in [-0.39, 0.29) is 12.0 Å². The average molecular weight is 249 g/mol. The van der Waals surface area contributed by atoms with Gasteiger partial charge in [0, 0.05) is 18.7 Å². The Hall–Kier alpha value is -1.55. The lowest BCUT2D eigenvalue weighted by Crippen LogP contribution is -2.31. The van der Waals surface area contributed by atoms with Crippen LogP contribution in [-0.4, -0.2) is 31.8 Å². The molecule has 1 aromatic carbocycles. The number of amides is 1. The third-order valence-electron chi connectivity index (χ3n) is 2.92. The normalized spacial score (nSPS) is 18.6. The predicted octanol–water partition coefficient (Wildman–Crippen LogP) is 1.99. The molecule has 1 saturated heterocycles. The molecule has 2 rings (SSSR count). The SMILES string of the molecule is CCOc1cccc(C(=O)NC[C@@H]2CCCO2)c1. The van der Waals surface area contributed by atoms with Crippen molar-refractivity contribution in [3.05, 3.63) is 29.8 Å². The molecule has 1 N–H and O–H groups in total. The summed E-state index contributed by atoms with van der Waals surface area (Å²) in [6.07, 6.45) is 2.28. The van der Waals surface area contributed by atoms with Crippen LogP contribution in [0.1, 0.15) is 30.1 Å². The minimum Gasteiger partial charge on any atom is -0.494 e. The van der Waals surface area contributed by atoms with E-state index in [9.17, 15) is 4.79 Å². The van der Waals surface area contributed by atoms with Crippen LogP contribution in [0.25, 0.3) is 0 Å². The molecule has 1 amide bonds. The molecular weight excluding hydrogens is 230 g/mol. The standard InChI is InChI=1S/C14H19NO3/c1-2-17-12-6-3-5-11(9-12)14(16)15-10-13-7-4-8-18-13/h3,5-6,9,13H,2,4,7-8,10H2,1H3,(H,15,16)/t13-/m0/s1. The molecule has 1 aromatic rings. The molecule has 0 aromatic heterocycles. The van der Waals surface area contributed by atoms with E-state index in [1.807, 2.05) is 19.1 Å². The van der Waals surface area contributed by atoms with Crippen LogP contribution in [0.4, 0.5) is 0 Å². The summed E-state index contributed by atoms with van der Waals surface area (Å²) >= 11 is 0. The highest BCUT2D eigenvalue weighted by Crippen LogP contribution is 2.14. The first-order valence-electron chi connectivity index (χ1n) is 6.42. The van der Waals surface area contributed by atoms with E-state index in [2.05, 4.69) is 5.32 Å². The van der Waals surface area contributed by atoms with Crippen LogP contribution in [0.5, 0.6) is 5.75 Å². The molecule has 18 heavy (non-hydrogen) atoms. The van der Waals surface area contributed by atoms with Gasteiger partial charge in [0.2, 0.25) is 0 Å². The Bertz CT molecular complexity index is 400. The summed E-state index contributed by atoms with van der Waals surface area (Å²) in [7, 11) is 0. The van der Waals surface area contributed by atoms with Crippen LogP contribution in [0.2, 0.25) is 0 Å². The minimum atomic E-state index is -0.0768.